The van der Waals surface area contributed by atoms with Crippen LogP contribution in [0.4, 0.5) is 0 Å². The Hall–Kier alpha value is -5.40. The molecule has 4 aromatic carbocycles. The summed E-state index contributed by atoms with van der Waals surface area (Å²) in [6, 6.07) is 8.92. The molecule has 0 amide bonds. The van der Waals surface area contributed by atoms with Crippen LogP contribution >= 0.6 is 0 Å². The van der Waals surface area contributed by atoms with Crippen molar-refractivity contribution in [2.75, 3.05) is 0 Å². The molecule has 11 N–H and O–H groups in total. The highest BCUT2D eigenvalue weighted by Gasteiger charge is 2.46. The summed E-state index contributed by atoms with van der Waals surface area (Å²) in [5.74, 6) is -6.77. The van der Waals surface area contributed by atoms with Gasteiger partial charge < -0.3 is 65.6 Å². The van der Waals surface area contributed by atoms with Crippen molar-refractivity contribution in [1.29, 1.82) is 0 Å². The zero-order valence-corrected chi connectivity index (χ0v) is 21.9. The number of phenols is 9. The summed E-state index contributed by atoms with van der Waals surface area (Å²) in [6.45, 7) is 0. The Morgan fingerprint density at radius 2 is 1.21 bits per heavy atom. The number of phenolic OH excluding ortho intramolecular Hbond substituents is 9. The number of hydrogen-bond donors (Lipinski definition) is 11. The molecule has 6 rings (SSSR count). The summed E-state index contributed by atoms with van der Waals surface area (Å²) < 4.78 is 12.0. The van der Waals surface area contributed by atoms with Crippen LogP contribution in [0.2, 0.25) is 0 Å². The van der Waals surface area contributed by atoms with Crippen LogP contribution in [0.15, 0.2) is 48.5 Å². The van der Waals surface area contributed by atoms with E-state index >= 15 is 0 Å². The Morgan fingerprint density at radius 1 is 0.558 bits per heavy atom. The van der Waals surface area contributed by atoms with Gasteiger partial charge in [0, 0.05) is 46.9 Å². The Bertz CT molecular complexity index is 1750. The Labute approximate surface area is 242 Å². The molecule has 0 aliphatic carbocycles. The molecular formula is C30H26O13. The van der Waals surface area contributed by atoms with Crippen molar-refractivity contribution in [2.24, 2.45) is 0 Å². The third kappa shape index (κ3) is 4.42. The molecule has 2 heterocycles. The lowest BCUT2D eigenvalue weighted by Crippen LogP contribution is -2.36. The van der Waals surface area contributed by atoms with Gasteiger partial charge in [0.25, 0.3) is 0 Å². The van der Waals surface area contributed by atoms with E-state index in [0.717, 1.165) is 30.3 Å². The zero-order chi connectivity index (χ0) is 30.9. The minimum Gasteiger partial charge on any atom is -0.508 e. The van der Waals surface area contributed by atoms with Crippen LogP contribution < -0.4 is 9.47 Å². The van der Waals surface area contributed by atoms with Gasteiger partial charge >= 0.3 is 0 Å². The van der Waals surface area contributed by atoms with Crippen molar-refractivity contribution in [1.82, 2.24) is 0 Å². The topological polar surface area (TPSA) is 241 Å². The Morgan fingerprint density at radius 3 is 1.88 bits per heavy atom. The summed E-state index contributed by atoms with van der Waals surface area (Å²) in [4.78, 5) is 0. The molecule has 4 aromatic rings. The summed E-state index contributed by atoms with van der Waals surface area (Å²) >= 11 is 0. The molecule has 0 aromatic heterocycles. The standard InChI is InChI=1S/C30H26O13/c31-12-6-17(35)23-22(7-12)42-29(10-1-2-14(32)16(34)3-10)27(41)25(23)24-18(36)9-15(33)13-8-21(39)28(43-30(13)24)11-4-19(37)26(40)20(38)5-11/h1-7,9,21,25,27-29,31-41H,8H2/t21-,25?,27-,28+,29+/m0/s1. The Kier molecular flexibility index (Phi) is 6.36. The van der Waals surface area contributed by atoms with E-state index in [1.165, 1.54) is 18.2 Å². The summed E-state index contributed by atoms with van der Waals surface area (Å²) in [7, 11) is 0. The maximum Gasteiger partial charge on any atom is 0.200 e. The van der Waals surface area contributed by atoms with Crippen LogP contribution in [0.25, 0.3) is 0 Å². The van der Waals surface area contributed by atoms with Crippen molar-refractivity contribution < 1.29 is 65.6 Å². The first-order valence-electron chi connectivity index (χ1n) is 12.9. The number of hydrogen-bond acceptors (Lipinski definition) is 13. The number of aromatic hydroxyl groups is 9. The molecule has 43 heavy (non-hydrogen) atoms. The molecular weight excluding hydrogens is 568 g/mol. The molecule has 0 fully saturated rings. The second-order valence-electron chi connectivity index (χ2n) is 10.5. The van der Waals surface area contributed by atoms with Crippen LogP contribution in [0.1, 0.15) is 45.9 Å². The number of benzene rings is 4. The largest absolute Gasteiger partial charge is 0.508 e. The van der Waals surface area contributed by atoms with Gasteiger partial charge in [0.1, 0.15) is 40.6 Å². The monoisotopic (exact) mass is 594 g/mol. The number of aliphatic hydroxyl groups is 2. The fourth-order valence-electron chi connectivity index (χ4n) is 5.78. The smallest absolute Gasteiger partial charge is 0.200 e. The van der Waals surface area contributed by atoms with Crippen LogP contribution in [-0.4, -0.2) is 68.4 Å². The fraction of sp³-hybridized carbons (Fsp3) is 0.200. The van der Waals surface area contributed by atoms with Crippen LogP contribution in [0, 0.1) is 0 Å². The van der Waals surface area contributed by atoms with Gasteiger partial charge in [0.15, 0.2) is 41.0 Å². The number of ether oxygens (including phenoxy) is 2. The van der Waals surface area contributed by atoms with E-state index in [1.54, 1.807) is 0 Å². The quantitative estimate of drug-likeness (QED) is 0.153. The third-order valence-electron chi connectivity index (χ3n) is 7.77. The van der Waals surface area contributed by atoms with E-state index in [0.29, 0.717) is 0 Å². The second-order valence-corrected chi connectivity index (χ2v) is 10.5. The van der Waals surface area contributed by atoms with E-state index in [4.69, 9.17) is 9.47 Å². The average molecular weight is 595 g/mol. The predicted octanol–water partition coefficient (Wildman–Crippen LogP) is 2.70. The molecule has 224 valence electrons. The van der Waals surface area contributed by atoms with Gasteiger partial charge in [-0.3, -0.25) is 0 Å². The van der Waals surface area contributed by atoms with Crippen LogP contribution in [0.3, 0.4) is 0 Å². The molecule has 0 bridgehead atoms. The number of rotatable bonds is 3. The van der Waals surface area contributed by atoms with Crippen molar-refractivity contribution in [3.63, 3.8) is 0 Å². The van der Waals surface area contributed by atoms with Gasteiger partial charge in [-0.1, -0.05) is 6.07 Å². The van der Waals surface area contributed by atoms with Gasteiger partial charge in [-0.05, 0) is 29.8 Å². The van der Waals surface area contributed by atoms with Crippen molar-refractivity contribution >= 4 is 0 Å². The summed E-state index contributed by atoms with van der Waals surface area (Å²) in [6.07, 6.45) is -5.87. The molecule has 0 saturated heterocycles. The van der Waals surface area contributed by atoms with Gasteiger partial charge in [-0.15, -0.1) is 0 Å². The Balaban J connectivity index is 1.56. The molecule has 13 heteroatoms. The average Bonchev–Trinajstić information content (AvgIpc) is 2.94. The maximum absolute atomic E-state index is 11.8. The van der Waals surface area contributed by atoms with E-state index in [2.05, 4.69) is 0 Å². The summed E-state index contributed by atoms with van der Waals surface area (Å²) in [5, 5.41) is 116. The minimum absolute atomic E-state index is 0.0258. The normalized spacial score (nSPS) is 22.6. The van der Waals surface area contributed by atoms with Gasteiger partial charge in [0.2, 0.25) is 0 Å². The van der Waals surface area contributed by atoms with Crippen LogP contribution in [0.5, 0.6) is 63.2 Å². The van der Waals surface area contributed by atoms with Crippen molar-refractivity contribution in [2.45, 2.75) is 36.8 Å². The first-order valence-corrected chi connectivity index (χ1v) is 12.9. The summed E-state index contributed by atoms with van der Waals surface area (Å²) in [5.41, 5.74) is 0.0126. The highest BCUT2D eigenvalue weighted by Crippen LogP contribution is 2.57. The lowest BCUT2D eigenvalue weighted by Gasteiger charge is -2.40. The predicted molar refractivity (Wildman–Crippen MR) is 145 cm³/mol. The molecule has 1 unspecified atom stereocenters. The minimum atomic E-state index is -1.64. The van der Waals surface area contributed by atoms with E-state index in [1.807, 2.05) is 0 Å². The second kappa shape index (κ2) is 9.86. The highest BCUT2D eigenvalue weighted by atomic mass is 16.5. The molecule has 0 saturated carbocycles. The van der Waals surface area contributed by atoms with Gasteiger partial charge in [-0.2, -0.15) is 0 Å². The molecule has 0 spiro atoms. The van der Waals surface area contributed by atoms with Gasteiger partial charge in [0.05, 0.1) is 12.0 Å². The van der Waals surface area contributed by atoms with Crippen molar-refractivity contribution in [3.05, 3.63) is 76.3 Å². The molecule has 0 radical (unpaired) electrons. The molecule has 13 nitrogen and oxygen atoms in total. The number of aliphatic hydroxyl groups excluding tert-OH is 2. The molecule has 5 atom stereocenters. The maximum atomic E-state index is 11.8. The lowest BCUT2D eigenvalue weighted by atomic mass is 9.77. The fourth-order valence-corrected chi connectivity index (χ4v) is 5.78. The van der Waals surface area contributed by atoms with Crippen LogP contribution in [-0.2, 0) is 6.42 Å². The SMILES string of the molecule is Oc1cc(O)c2c(c1)O[C@H](c1ccc(O)c(O)c1)[C@@H](O)C2c1c(O)cc(O)c2c1O[C@H](c1cc(O)c(O)c(O)c1)[C@@H](O)C2. The van der Waals surface area contributed by atoms with E-state index in [9.17, 15) is 56.2 Å². The molecule has 2 aliphatic heterocycles. The number of fused-ring (bicyclic) bond motifs is 2. The van der Waals surface area contributed by atoms with E-state index < -0.39 is 76.3 Å². The van der Waals surface area contributed by atoms with Gasteiger partial charge in [-0.25, -0.2) is 0 Å². The van der Waals surface area contributed by atoms with Crippen molar-refractivity contribution in [3.8, 4) is 63.2 Å². The highest BCUT2D eigenvalue weighted by molar-refractivity contribution is 5.66. The third-order valence-corrected chi connectivity index (χ3v) is 7.77. The van der Waals surface area contributed by atoms with E-state index in [-0.39, 0.29) is 51.5 Å². The zero-order valence-electron chi connectivity index (χ0n) is 21.9. The lowest BCUT2D eigenvalue weighted by molar-refractivity contribution is 0.00113. The first kappa shape index (κ1) is 27.8. The molecule has 2 aliphatic rings. The first-order chi connectivity index (χ1) is 20.3.